The van der Waals surface area contributed by atoms with E-state index in [-0.39, 0.29) is 25.0 Å². The molecule has 4 aromatic carbocycles. The van der Waals surface area contributed by atoms with Crippen molar-refractivity contribution in [1.29, 1.82) is 0 Å². The molecule has 6 heteroatoms. The van der Waals surface area contributed by atoms with E-state index in [1.54, 1.807) is 29.2 Å². The predicted molar refractivity (Wildman–Crippen MR) is 146 cm³/mol. The molecule has 0 aliphatic rings. The maximum atomic E-state index is 13.6. The van der Waals surface area contributed by atoms with E-state index in [9.17, 15) is 9.59 Å². The Kier molecular flexibility index (Phi) is 9.33. The molecule has 0 aromatic heterocycles. The maximum Gasteiger partial charge on any atom is 0.261 e. The van der Waals surface area contributed by atoms with Gasteiger partial charge in [-0.05, 0) is 47.4 Å². The standard InChI is InChI=1S/C31H29ClN2O3/c32-27-18-16-25(17-19-27)22-34(29(35)23-37-28-14-8-3-9-15-28)30(26-12-6-2-7-13-26)31(36)33-21-20-24-10-4-1-5-11-24/h1-19,30H,20-23H2,(H,33,36)/t30-/m0/s1. The zero-order valence-electron chi connectivity index (χ0n) is 20.4. The summed E-state index contributed by atoms with van der Waals surface area (Å²) >= 11 is 6.08. The Hall–Kier alpha value is -4.09. The minimum Gasteiger partial charge on any atom is -0.484 e. The summed E-state index contributed by atoms with van der Waals surface area (Å²) in [7, 11) is 0. The Bertz CT molecular complexity index is 1270. The van der Waals surface area contributed by atoms with Crippen molar-refractivity contribution >= 4 is 23.4 Å². The van der Waals surface area contributed by atoms with Crippen molar-refractivity contribution in [3.05, 3.63) is 137 Å². The van der Waals surface area contributed by atoms with Crippen LogP contribution < -0.4 is 10.1 Å². The van der Waals surface area contributed by atoms with Crippen LogP contribution in [0, 0.1) is 0 Å². The molecular weight excluding hydrogens is 484 g/mol. The van der Waals surface area contributed by atoms with Crippen molar-refractivity contribution in [3.8, 4) is 5.75 Å². The van der Waals surface area contributed by atoms with E-state index in [2.05, 4.69) is 5.32 Å². The van der Waals surface area contributed by atoms with Crippen molar-refractivity contribution in [2.75, 3.05) is 13.2 Å². The van der Waals surface area contributed by atoms with Crippen LogP contribution in [-0.4, -0.2) is 29.9 Å². The third kappa shape index (κ3) is 7.69. The SMILES string of the molecule is O=C(NCCc1ccccc1)[C@H](c1ccccc1)N(Cc1ccc(Cl)cc1)C(=O)COc1ccccc1. The van der Waals surface area contributed by atoms with Gasteiger partial charge in [-0.2, -0.15) is 0 Å². The fourth-order valence-electron chi connectivity index (χ4n) is 4.03. The van der Waals surface area contributed by atoms with E-state index in [0.29, 0.717) is 23.7 Å². The normalized spacial score (nSPS) is 11.4. The topological polar surface area (TPSA) is 58.6 Å². The first-order valence-corrected chi connectivity index (χ1v) is 12.6. The molecule has 188 valence electrons. The van der Waals surface area contributed by atoms with Gasteiger partial charge in [-0.1, -0.05) is 103 Å². The lowest BCUT2D eigenvalue weighted by molar-refractivity contribution is -0.143. The lowest BCUT2D eigenvalue weighted by atomic mass is 10.0. The summed E-state index contributed by atoms with van der Waals surface area (Å²) in [6.07, 6.45) is 0.691. The number of amides is 2. The van der Waals surface area contributed by atoms with Crippen LogP contribution in [0.3, 0.4) is 0 Å². The molecule has 0 fully saturated rings. The lowest BCUT2D eigenvalue weighted by Gasteiger charge is -2.31. The largest absolute Gasteiger partial charge is 0.484 e. The van der Waals surface area contributed by atoms with E-state index in [1.165, 1.54) is 0 Å². The molecule has 1 N–H and O–H groups in total. The number of carbonyl (C=O) groups is 2. The molecule has 0 saturated carbocycles. The summed E-state index contributed by atoms with van der Waals surface area (Å²) in [5.74, 6) is 0.0425. The molecule has 0 radical (unpaired) electrons. The Balaban J connectivity index is 1.58. The van der Waals surface area contributed by atoms with Crippen LogP contribution in [0.2, 0.25) is 5.02 Å². The van der Waals surface area contributed by atoms with Gasteiger partial charge >= 0.3 is 0 Å². The molecule has 5 nitrogen and oxygen atoms in total. The van der Waals surface area contributed by atoms with Gasteiger partial charge in [0.1, 0.15) is 11.8 Å². The van der Waals surface area contributed by atoms with Gasteiger partial charge in [0.05, 0.1) is 0 Å². The minimum atomic E-state index is -0.834. The van der Waals surface area contributed by atoms with Crippen LogP contribution in [0.15, 0.2) is 115 Å². The molecule has 0 spiro atoms. The van der Waals surface area contributed by atoms with Crippen LogP contribution in [0.5, 0.6) is 5.75 Å². The van der Waals surface area contributed by atoms with Gasteiger partial charge in [-0.3, -0.25) is 9.59 Å². The number of hydrogen-bond donors (Lipinski definition) is 1. The summed E-state index contributed by atoms with van der Waals surface area (Å²) in [6, 6.07) is 34.9. The highest BCUT2D eigenvalue weighted by molar-refractivity contribution is 6.30. The monoisotopic (exact) mass is 512 g/mol. The second kappa shape index (κ2) is 13.3. The molecule has 1 atom stereocenters. The van der Waals surface area contributed by atoms with E-state index in [4.69, 9.17) is 16.3 Å². The average molecular weight is 513 g/mol. The first-order valence-electron chi connectivity index (χ1n) is 12.2. The number of nitrogens with one attached hydrogen (secondary N) is 1. The minimum absolute atomic E-state index is 0.196. The molecular formula is C31H29ClN2O3. The second-order valence-corrected chi connectivity index (χ2v) is 9.03. The lowest BCUT2D eigenvalue weighted by Crippen LogP contribution is -2.45. The second-order valence-electron chi connectivity index (χ2n) is 8.59. The van der Waals surface area contributed by atoms with Crippen LogP contribution in [-0.2, 0) is 22.6 Å². The first-order chi connectivity index (χ1) is 18.1. The third-order valence-electron chi connectivity index (χ3n) is 5.92. The van der Waals surface area contributed by atoms with Crippen LogP contribution in [0.25, 0.3) is 0 Å². The molecule has 4 aromatic rings. The van der Waals surface area contributed by atoms with Gasteiger partial charge in [0.15, 0.2) is 6.61 Å². The fraction of sp³-hybridized carbons (Fsp3) is 0.161. The van der Waals surface area contributed by atoms with Crippen molar-refractivity contribution < 1.29 is 14.3 Å². The number of ether oxygens (including phenoxy) is 1. The van der Waals surface area contributed by atoms with Gasteiger partial charge in [0, 0.05) is 18.1 Å². The molecule has 0 saturated heterocycles. The number of carbonyl (C=O) groups excluding carboxylic acids is 2. The molecule has 0 unspecified atom stereocenters. The number of nitrogens with zero attached hydrogens (tertiary/aromatic N) is 1. The van der Waals surface area contributed by atoms with Gasteiger partial charge in [0.2, 0.25) is 5.91 Å². The summed E-state index contributed by atoms with van der Waals surface area (Å²) in [5.41, 5.74) is 2.71. The highest BCUT2D eigenvalue weighted by atomic mass is 35.5. The highest BCUT2D eigenvalue weighted by Gasteiger charge is 2.31. The van der Waals surface area contributed by atoms with Gasteiger partial charge < -0.3 is 15.0 Å². The molecule has 0 aliphatic carbocycles. The smallest absolute Gasteiger partial charge is 0.261 e. The van der Waals surface area contributed by atoms with Gasteiger partial charge in [-0.25, -0.2) is 0 Å². The van der Waals surface area contributed by atoms with Crippen molar-refractivity contribution in [2.45, 2.75) is 19.0 Å². The predicted octanol–water partition coefficient (Wildman–Crippen LogP) is 5.85. The fourth-order valence-corrected chi connectivity index (χ4v) is 4.16. The summed E-state index contributed by atoms with van der Waals surface area (Å²) < 4.78 is 5.77. The zero-order valence-corrected chi connectivity index (χ0v) is 21.2. The third-order valence-corrected chi connectivity index (χ3v) is 6.18. The number of benzene rings is 4. The number of para-hydroxylation sites is 1. The van der Waals surface area contributed by atoms with E-state index in [0.717, 1.165) is 16.7 Å². The summed E-state index contributed by atoms with van der Waals surface area (Å²) in [5, 5.41) is 3.64. The number of hydrogen-bond acceptors (Lipinski definition) is 3. The van der Waals surface area contributed by atoms with Crippen molar-refractivity contribution in [3.63, 3.8) is 0 Å². The summed E-state index contributed by atoms with van der Waals surface area (Å²) in [6.45, 7) is 0.480. The first kappa shape index (κ1) is 26.0. The zero-order chi connectivity index (χ0) is 25.9. The molecule has 37 heavy (non-hydrogen) atoms. The van der Waals surface area contributed by atoms with Gasteiger partial charge in [-0.15, -0.1) is 0 Å². The molecule has 0 bridgehead atoms. The van der Waals surface area contributed by atoms with Crippen LogP contribution in [0.1, 0.15) is 22.7 Å². The summed E-state index contributed by atoms with van der Waals surface area (Å²) in [4.78, 5) is 28.8. The molecule has 4 rings (SSSR count). The van der Waals surface area contributed by atoms with E-state index in [1.807, 2.05) is 91.0 Å². The maximum absolute atomic E-state index is 13.6. The molecule has 0 heterocycles. The van der Waals surface area contributed by atoms with Crippen LogP contribution >= 0.6 is 11.6 Å². The average Bonchev–Trinajstić information content (AvgIpc) is 2.94. The number of rotatable bonds is 11. The van der Waals surface area contributed by atoms with Crippen molar-refractivity contribution in [1.82, 2.24) is 10.2 Å². The van der Waals surface area contributed by atoms with Crippen LogP contribution in [0.4, 0.5) is 0 Å². The van der Waals surface area contributed by atoms with Crippen molar-refractivity contribution in [2.24, 2.45) is 0 Å². The number of halogens is 1. The highest BCUT2D eigenvalue weighted by Crippen LogP contribution is 2.25. The Morgan fingerprint density at radius 1 is 0.757 bits per heavy atom. The Labute approximate surface area is 222 Å². The molecule has 0 aliphatic heterocycles. The Morgan fingerprint density at radius 3 is 2.00 bits per heavy atom. The Morgan fingerprint density at radius 2 is 1.35 bits per heavy atom. The van der Waals surface area contributed by atoms with Gasteiger partial charge in [0.25, 0.3) is 5.91 Å². The van der Waals surface area contributed by atoms with E-state index >= 15 is 0 Å². The quantitative estimate of drug-likeness (QED) is 0.274. The molecule has 2 amide bonds. The van der Waals surface area contributed by atoms with E-state index < -0.39 is 6.04 Å².